The molecular weight excluding hydrogens is 686 g/mol. The van der Waals surface area contributed by atoms with Crippen molar-refractivity contribution in [2.75, 3.05) is 0 Å². The van der Waals surface area contributed by atoms with Gasteiger partial charge in [0, 0.05) is 45.8 Å². The summed E-state index contributed by atoms with van der Waals surface area (Å²) in [7, 11) is 0. The van der Waals surface area contributed by atoms with Crippen molar-refractivity contribution >= 4 is 23.4 Å². The van der Waals surface area contributed by atoms with E-state index < -0.39 is 5.54 Å². The highest BCUT2D eigenvalue weighted by Gasteiger charge is 2.50. The fourth-order valence-corrected chi connectivity index (χ4v) is 8.34. The molecule has 4 aliphatic carbocycles. The average Bonchev–Trinajstić information content (AvgIpc) is 3.97. The number of hydrogen-bond donors (Lipinski definition) is 3. The third kappa shape index (κ3) is 5.63. The van der Waals surface area contributed by atoms with Gasteiger partial charge in [-0.3, -0.25) is 23.9 Å². The summed E-state index contributed by atoms with van der Waals surface area (Å²) in [6.07, 6.45) is 11.4. The summed E-state index contributed by atoms with van der Waals surface area (Å²) in [6, 6.07) is 12.0. The van der Waals surface area contributed by atoms with Crippen molar-refractivity contribution < 1.29 is 9.59 Å². The lowest BCUT2D eigenvalue weighted by Gasteiger charge is -2.24. The van der Waals surface area contributed by atoms with Gasteiger partial charge in [0.05, 0.1) is 46.8 Å². The molecule has 0 bridgehead atoms. The van der Waals surface area contributed by atoms with Gasteiger partial charge in [0.2, 0.25) is 0 Å². The third-order valence-corrected chi connectivity index (χ3v) is 11.6. The zero-order valence-corrected chi connectivity index (χ0v) is 30.4. The molecule has 11 rings (SSSR count). The Morgan fingerprint density at radius 2 is 1.30 bits per heavy atom. The van der Waals surface area contributed by atoms with Crippen molar-refractivity contribution in [3.63, 3.8) is 0 Å². The Balaban J connectivity index is 0.000000143. The van der Waals surface area contributed by atoms with Crippen LogP contribution in [0.2, 0.25) is 5.15 Å². The van der Waals surface area contributed by atoms with Gasteiger partial charge in [-0.2, -0.15) is 10.2 Å². The summed E-state index contributed by atoms with van der Waals surface area (Å²) < 4.78 is 3.85. The molecule has 4 aromatic heterocycles. The molecule has 266 valence electrons. The maximum atomic E-state index is 12.8. The molecule has 5 aromatic rings. The quantitative estimate of drug-likeness (QED) is 0.162. The van der Waals surface area contributed by atoms with E-state index in [9.17, 15) is 9.59 Å². The first kappa shape index (κ1) is 32.3. The maximum absolute atomic E-state index is 12.8. The van der Waals surface area contributed by atoms with Crippen molar-refractivity contribution in [1.29, 1.82) is 0 Å². The van der Waals surface area contributed by atoms with Crippen LogP contribution in [0.3, 0.4) is 0 Å². The molecule has 0 unspecified atom stereocenters. The van der Waals surface area contributed by atoms with E-state index in [0.717, 1.165) is 132 Å². The molecule has 6 heterocycles. The Hall–Kier alpha value is -5.31. The Labute approximate surface area is 311 Å². The molecule has 2 saturated carbocycles. The number of carbonyl (C=O) groups is 2. The van der Waals surface area contributed by atoms with Crippen LogP contribution in [0.4, 0.5) is 0 Å². The number of pyridine rings is 2. The van der Waals surface area contributed by atoms with Crippen LogP contribution in [-0.2, 0) is 38.8 Å². The van der Waals surface area contributed by atoms with Gasteiger partial charge in [-0.05, 0) is 101 Å². The normalized spacial score (nSPS) is 18.7. The van der Waals surface area contributed by atoms with E-state index in [1.807, 2.05) is 65.9 Å². The summed E-state index contributed by atoms with van der Waals surface area (Å²) in [5.41, 5.74) is 18.1. The smallest absolute Gasteiger partial charge is 0.270 e. The van der Waals surface area contributed by atoms with Crippen LogP contribution in [0.25, 0.3) is 33.8 Å². The van der Waals surface area contributed by atoms with Gasteiger partial charge in [0.25, 0.3) is 11.8 Å². The number of aromatic nitrogens is 6. The van der Waals surface area contributed by atoms with Gasteiger partial charge < -0.3 is 16.4 Å². The molecule has 6 aliphatic rings. The number of fused-ring (bicyclic) bond motifs is 10. The van der Waals surface area contributed by atoms with Crippen molar-refractivity contribution in [2.45, 2.75) is 94.9 Å². The predicted octanol–water partition coefficient (Wildman–Crippen LogP) is 5.05. The van der Waals surface area contributed by atoms with E-state index in [2.05, 4.69) is 33.5 Å². The number of nitrogens with two attached hydrogens (primary N) is 1. The third-order valence-electron chi connectivity index (χ3n) is 11.3. The lowest BCUT2D eigenvalue weighted by Crippen LogP contribution is -2.46. The molecule has 0 saturated heterocycles. The Morgan fingerprint density at radius 1 is 0.774 bits per heavy atom. The minimum atomic E-state index is -0.518. The minimum absolute atomic E-state index is 0.0242. The first-order valence-electron chi connectivity index (χ1n) is 18.4. The number of aryl methyl sites for hydroxylation is 2. The molecule has 2 fully saturated rings. The first-order chi connectivity index (χ1) is 25.5. The van der Waals surface area contributed by atoms with Gasteiger partial charge in [0.1, 0.15) is 16.5 Å². The zero-order chi connectivity index (χ0) is 36.3. The Kier molecular flexibility index (Phi) is 6.92. The van der Waals surface area contributed by atoms with Crippen molar-refractivity contribution in [1.82, 2.24) is 40.2 Å². The highest BCUT2D eigenvalue weighted by Crippen LogP contribution is 2.44. The fraction of sp³-hybridized carbons (Fsp3) is 0.366. The second kappa shape index (κ2) is 11.3. The number of nitrogens with one attached hydrogen (secondary N) is 2. The summed E-state index contributed by atoms with van der Waals surface area (Å²) in [5.74, 6) is 6.23. The van der Waals surface area contributed by atoms with Crippen LogP contribution in [-0.4, -0.2) is 58.0 Å². The first-order valence-corrected chi connectivity index (χ1v) is 18.7. The van der Waals surface area contributed by atoms with E-state index in [0.29, 0.717) is 5.15 Å². The van der Waals surface area contributed by atoms with Crippen molar-refractivity contribution in [3.8, 4) is 45.6 Å². The Morgan fingerprint density at radius 3 is 1.83 bits per heavy atom. The monoisotopic (exact) mass is 723 g/mol. The molecule has 12 heteroatoms. The summed E-state index contributed by atoms with van der Waals surface area (Å²) in [6.45, 7) is 5.34. The molecular formula is C41H38ClN9O2. The summed E-state index contributed by atoms with van der Waals surface area (Å²) in [5, 5.41) is 16.5. The van der Waals surface area contributed by atoms with E-state index in [-0.39, 0.29) is 22.9 Å². The number of halogens is 1. The number of benzene rings is 1. The maximum Gasteiger partial charge on any atom is 0.270 e. The van der Waals surface area contributed by atoms with Gasteiger partial charge in [-0.25, -0.2) is 4.98 Å². The molecule has 0 radical (unpaired) electrons. The highest BCUT2D eigenvalue weighted by molar-refractivity contribution is 6.29. The predicted molar refractivity (Wildman–Crippen MR) is 200 cm³/mol. The molecule has 0 atom stereocenters. The van der Waals surface area contributed by atoms with Crippen molar-refractivity contribution in [2.24, 2.45) is 5.73 Å². The number of amides is 2. The number of hydrogen-bond acceptors (Lipinski definition) is 7. The molecule has 2 aliphatic heterocycles. The topological polar surface area (TPSA) is 146 Å². The lowest BCUT2D eigenvalue weighted by molar-refractivity contribution is 0.0876. The van der Waals surface area contributed by atoms with Crippen LogP contribution in [0.1, 0.15) is 88.3 Å². The molecule has 4 N–H and O–H groups in total. The van der Waals surface area contributed by atoms with E-state index in [4.69, 9.17) is 32.5 Å². The highest BCUT2D eigenvalue weighted by atomic mass is 35.5. The van der Waals surface area contributed by atoms with Crippen LogP contribution in [0.5, 0.6) is 0 Å². The van der Waals surface area contributed by atoms with Gasteiger partial charge in [0.15, 0.2) is 0 Å². The van der Waals surface area contributed by atoms with E-state index in [1.54, 1.807) is 0 Å². The van der Waals surface area contributed by atoms with Gasteiger partial charge in [-0.1, -0.05) is 35.6 Å². The molecule has 2 spiro atoms. The van der Waals surface area contributed by atoms with Gasteiger partial charge in [-0.15, -0.1) is 0 Å². The van der Waals surface area contributed by atoms with Crippen LogP contribution in [0.15, 0.2) is 48.8 Å². The van der Waals surface area contributed by atoms with Crippen molar-refractivity contribution in [3.05, 3.63) is 93.2 Å². The van der Waals surface area contributed by atoms with Gasteiger partial charge >= 0.3 is 0 Å². The van der Waals surface area contributed by atoms with Crippen LogP contribution >= 0.6 is 11.6 Å². The molecule has 11 nitrogen and oxygen atoms in total. The summed E-state index contributed by atoms with van der Waals surface area (Å²) in [4.78, 5) is 34.1. The Bertz CT molecular complexity index is 2470. The molecule has 1 aromatic carbocycles. The van der Waals surface area contributed by atoms with Crippen LogP contribution in [0, 0.1) is 11.8 Å². The minimum Gasteiger partial charge on any atom is -0.343 e. The summed E-state index contributed by atoms with van der Waals surface area (Å²) >= 11 is 6.03. The lowest BCUT2D eigenvalue weighted by atomic mass is 9.89. The number of nitrogens with zero attached hydrogens (tertiary/aromatic N) is 6. The molecule has 2 amide bonds. The van der Waals surface area contributed by atoms with E-state index in [1.165, 1.54) is 5.56 Å². The van der Waals surface area contributed by atoms with E-state index >= 15 is 0 Å². The SMILES string of the molecule is CC(C)(N)C#Cc1ccc(-c2cc3c(cn2)CCc2c-3nn3c2C(=O)NC2(CC2)C3)cc1.O=C1NC2(CC2)Cn2nc3c(c21)CCc1cnc(Cl)cc1-3. The fourth-order valence-electron chi connectivity index (χ4n) is 8.18. The molecule has 53 heavy (non-hydrogen) atoms. The number of rotatable bonds is 1. The van der Waals surface area contributed by atoms with Crippen LogP contribution < -0.4 is 16.4 Å². The second-order valence-electron chi connectivity index (χ2n) is 16.1. The largest absolute Gasteiger partial charge is 0.343 e. The number of carbonyl (C=O) groups excluding carboxylic acids is 2. The average molecular weight is 724 g/mol. The standard InChI is InChI=1S/C26H25N5O.C15H13ClN4O/c1-25(2,27)10-9-16-3-5-17(6-4-16)21-13-20-18(14-28-21)7-8-19-22(20)30-31-15-26(11-12-26)29-24(32)23(19)31;16-11-5-10-8(6-17-11)1-2-9-12(10)19-20-7-15(3-4-15)18-14(21)13(9)20/h3-6,13-14H,7-8,11-12,15,27H2,1-2H3,(H,29,32);5-6H,1-4,7H2,(H,18,21). The zero-order valence-electron chi connectivity index (χ0n) is 29.6. The second-order valence-corrected chi connectivity index (χ2v) is 16.5.